The predicted octanol–water partition coefficient (Wildman–Crippen LogP) is 2.40. The van der Waals surface area contributed by atoms with Crippen LogP contribution >= 0.6 is 0 Å². The van der Waals surface area contributed by atoms with E-state index in [0.29, 0.717) is 11.3 Å². The molecule has 88 valence electrons. The summed E-state index contributed by atoms with van der Waals surface area (Å²) in [5.41, 5.74) is 0.541. The molecule has 1 atom stereocenters. The molecule has 5 heteroatoms. The Kier molecular flexibility index (Phi) is 3.05. The number of ketones is 1. The molecule has 0 bridgehead atoms. The minimum atomic E-state index is -2.53. The van der Waals surface area contributed by atoms with Gasteiger partial charge in [-0.25, -0.2) is 8.78 Å². The van der Waals surface area contributed by atoms with Crippen molar-refractivity contribution in [1.29, 1.82) is 5.26 Å². The molecule has 3 nitrogen and oxygen atoms in total. The van der Waals surface area contributed by atoms with Crippen LogP contribution in [0.1, 0.15) is 22.3 Å². The second-order valence-electron chi connectivity index (χ2n) is 3.82. The van der Waals surface area contributed by atoms with Crippen molar-refractivity contribution in [3.05, 3.63) is 29.3 Å². The molecule has 0 aromatic heterocycles. The molecule has 0 fully saturated rings. The molecule has 0 amide bonds. The van der Waals surface area contributed by atoms with Gasteiger partial charge in [0.15, 0.2) is 5.78 Å². The number of ether oxygens (including phenoxy) is 1. The Balaban J connectivity index is 2.31. The van der Waals surface area contributed by atoms with Gasteiger partial charge in [-0.3, -0.25) is 4.79 Å². The summed E-state index contributed by atoms with van der Waals surface area (Å²) in [6.45, 7) is -0.0257. The minimum absolute atomic E-state index is 0.0257. The highest BCUT2D eigenvalue weighted by Gasteiger charge is 2.31. The van der Waals surface area contributed by atoms with Crippen LogP contribution in [0.15, 0.2) is 18.2 Å². The van der Waals surface area contributed by atoms with Crippen LogP contribution in [0.25, 0.3) is 0 Å². The molecule has 0 radical (unpaired) electrons. The van der Waals surface area contributed by atoms with Gasteiger partial charge in [0, 0.05) is 6.42 Å². The second-order valence-corrected chi connectivity index (χ2v) is 3.82. The first-order chi connectivity index (χ1) is 8.11. The molecule has 0 saturated heterocycles. The average Bonchev–Trinajstić information content (AvgIpc) is 2.32. The fourth-order valence-electron chi connectivity index (χ4n) is 1.79. The van der Waals surface area contributed by atoms with Crippen molar-refractivity contribution in [2.24, 2.45) is 5.92 Å². The van der Waals surface area contributed by atoms with E-state index in [1.54, 1.807) is 0 Å². The standard InChI is InChI=1S/C12H9F2NO2/c13-11(14)4-8-6-17-10-2-1-7(5-15)3-9(10)12(8)16/h1-3,8,11H,4,6H2. The summed E-state index contributed by atoms with van der Waals surface area (Å²) in [7, 11) is 0. The van der Waals surface area contributed by atoms with E-state index in [9.17, 15) is 13.6 Å². The third-order valence-electron chi connectivity index (χ3n) is 2.65. The van der Waals surface area contributed by atoms with Gasteiger partial charge in [-0.05, 0) is 18.2 Å². The maximum absolute atomic E-state index is 12.3. The van der Waals surface area contributed by atoms with Crippen LogP contribution in [0.3, 0.4) is 0 Å². The van der Waals surface area contributed by atoms with Gasteiger partial charge in [0.05, 0.1) is 29.7 Å². The summed E-state index contributed by atoms with van der Waals surface area (Å²) in [5.74, 6) is -0.834. The van der Waals surface area contributed by atoms with Gasteiger partial charge in [0.2, 0.25) is 6.43 Å². The van der Waals surface area contributed by atoms with E-state index in [0.717, 1.165) is 0 Å². The van der Waals surface area contributed by atoms with Gasteiger partial charge in [-0.15, -0.1) is 0 Å². The number of hydrogen-bond donors (Lipinski definition) is 0. The molecule has 2 rings (SSSR count). The third-order valence-corrected chi connectivity index (χ3v) is 2.65. The molecular formula is C12H9F2NO2. The normalized spacial score (nSPS) is 18.5. The van der Waals surface area contributed by atoms with E-state index in [2.05, 4.69) is 0 Å². The molecule has 0 saturated carbocycles. The Morgan fingerprint density at radius 3 is 2.94 bits per heavy atom. The zero-order valence-electron chi connectivity index (χ0n) is 8.82. The lowest BCUT2D eigenvalue weighted by atomic mass is 9.92. The van der Waals surface area contributed by atoms with Crippen molar-refractivity contribution in [2.75, 3.05) is 6.61 Å². The number of benzene rings is 1. The minimum Gasteiger partial charge on any atom is -0.492 e. The van der Waals surface area contributed by atoms with Crippen LogP contribution in [0.4, 0.5) is 8.78 Å². The first-order valence-electron chi connectivity index (χ1n) is 5.11. The number of rotatable bonds is 2. The second kappa shape index (κ2) is 4.50. The number of carbonyl (C=O) groups excluding carboxylic acids is 1. The monoisotopic (exact) mass is 237 g/mol. The molecule has 0 N–H and O–H groups in total. The van der Waals surface area contributed by atoms with Crippen molar-refractivity contribution in [3.8, 4) is 11.8 Å². The molecule has 0 aliphatic carbocycles. The number of hydrogen-bond acceptors (Lipinski definition) is 3. The van der Waals surface area contributed by atoms with Crippen molar-refractivity contribution in [1.82, 2.24) is 0 Å². The zero-order chi connectivity index (χ0) is 12.4. The first-order valence-corrected chi connectivity index (χ1v) is 5.11. The molecule has 0 spiro atoms. The molecule has 1 heterocycles. The third kappa shape index (κ3) is 2.26. The summed E-state index contributed by atoms with van der Waals surface area (Å²) >= 11 is 0. The van der Waals surface area contributed by atoms with Crippen molar-refractivity contribution < 1.29 is 18.3 Å². The Labute approximate surface area is 96.6 Å². The van der Waals surface area contributed by atoms with Crippen LogP contribution < -0.4 is 4.74 Å². The highest BCUT2D eigenvalue weighted by atomic mass is 19.3. The van der Waals surface area contributed by atoms with Crippen molar-refractivity contribution >= 4 is 5.78 Å². The smallest absolute Gasteiger partial charge is 0.239 e. The summed E-state index contributed by atoms with van der Waals surface area (Å²) in [4.78, 5) is 11.9. The van der Waals surface area contributed by atoms with E-state index >= 15 is 0 Å². The summed E-state index contributed by atoms with van der Waals surface area (Å²) < 4.78 is 29.8. The first kappa shape index (κ1) is 11.5. The Morgan fingerprint density at radius 1 is 1.53 bits per heavy atom. The maximum Gasteiger partial charge on any atom is 0.239 e. The number of carbonyl (C=O) groups is 1. The van der Waals surface area contributed by atoms with Crippen LogP contribution in [-0.2, 0) is 0 Å². The fraction of sp³-hybridized carbons (Fsp3) is 0.333. The number of alkyl halides is 2. The molecular weight excluding hydrogens is 228 g/mol. The Bertz CT molecular complexity index is 494. The van der Waals surface area contributed by atoms with Crippen molar-refractivity contribution in [3.63, 3.8) is 0 Å². The van der Waals surface area contributed by atoms with E-state index < -0.39 is 18.8 Å². The molecule has 1 unspecified atom stereocenters. The molecule has 17 heavy (non-hydrogen) atoms. The zero-order valence-corrected chi connectivity index (χ0v) is 8.82. The highest BCUT2D eigenvalue weighted by Crippen LogP contribution is 2.30. The number of nitriles is 1. The fourth-order valence-corrected chi connectivity index (χ4v) is 1.79. The van der Waals surface area contributed by atoms with E-state index in [1.807, 2.05) is 6.07 Å². The summed E-state index contributed by atoms with van der Waals surface area (Å²) in [5, 5.41) is 8.71. The van der Waals surface area contributed by atoms with Crippen LogP contribution in [0.5, 0.6) is 5.75 Å². The quantitative estimate of drug-likeness (QED) is 0.793. The van der Waals surface area contributed by atoms with E-state index in [4.69, 9.17) is 10.00 Å². The number of nitrogens with zero attached hydrogens (tertiary/aromatic N) is 1. The maximum atomic E-state index is 12.3. The van der Waals surface area contributed by atoms with Gasteiger partial charge in [-0.1, -0.05) is 0 Å². The number of fused-ring (bicyclic) bond motifs is 1. The van der Waals surface area contributed by atoms with Crippen molar-refractivity contribution in [2.45, 2.75) is 12.8 Å². The lowest BCUT2D eigenvalue weighted by Crippen LogP contribution is -2.29. The van der Waals surface area contributed by atoms with Gasteiger partial charge in [0.25, 0.3) is 0 Å². The van der Waals surface area contributed by atoms with E-state index in [-0.39, 0.29) is 18.0 Å². The van der Waals surface area contributed by atoms with Gasteiger partial charge in [-0.2, -0.15) is 5.26 Å². The van der Waals surface area contributed by atoms with Gasteiger partial charge >= 0.3 is 0 Å². The molecule has 1 aromatic carbocycles. The summed E-state index contributed by atoms with van der Waals surface area (Å²) in [6, 6.07) is 6.33. The lowest BCUT2D eigenvalue weighted by Gasteiger charge is -2.23. The molecule has 1 aliphatic heterocycles. The summed E-state index contributed by atoms with van der Waals surface area (Å²) in [6.07, 6.45) is -3.04. The Morgan fingerprint density at radius 2 is 2.29 bits per heavy atom. The highest BCUT2D eigenvalue weighted by molar-refractivity contribution is 6.01. The Hall–Kier alpha value is -1.96. The number of Topliss-reactive ketones (excluding diaryl/α,β-unsaturated/α-hetero) is 1. The van der Waals surface area contributed by atoms with Gasteiger partial charge in [0.1, 0.15) is 5.75 Å². The SMILES string of the molecule is N#Cc1ccc2c(c1)C(=O)C(CC(F)F)CO2. The van der Waals surface area contributed by atoms with Crippen LogP contribution in [0.2, 0.25) is 0 Å². The van der Waals surface area contributed by atoms with Crippen LogP contribution in [-0.4, -0.2) is 18.8 Å². The topological polar surface area (TPSA) is 50.1 Å². The lowest BCUT2D eigenvalue weighted by molar-refractivity contribution is 0.0639. The number of halogens is 2. The predicted molar refractivity (Wildman–Crippen MR) is 55.1 cm³/mol. The van der Waals surface area contributed by atoms with E-state index in [1.165, 1.54) is 18.2 Å². The largest absolute Gasteiger partial charge is 0.492 e. The van der Waals surface area contributed by atoms with Gasteiger partial charge < -0.3 is 4.74 Å². The van der Waals surface area contributed by atoms with Crippen LogP contribution in [0, 0.1) is 17.2 Å². The molecule has 1 aliphatic rings. The molecule has 1 aromatic rings. The average molecular weight is 237 g/mol.